The molecule has 0 radical (unpaired) electrons. The average Bonchev–Trinajstić information content (AvgIpc) is 2.48. The van der Waals surface area contributed by atoms with Crippen LogP contribution < -0.4 is 10.1 Å². The lowest BCUT2D eigenvalue weighted by molar-refractivity contribution is -0.185. The van der Waals surface area contributed by atoms with Crippen LogP contribution in [0.2, 0.25) is 0 Å². The van der Waals surface area contributed by atoms with Crippen molar-refractivity contribution in [2.24, 2.45) is 5.41 Å². The molecule has 0 amide bonds. The molecule has 0 fully saturated rings. The van der Waals surface area contributed by atoms with E-state index in [0.29, 0.717) is 13.0 Å². The molecule has 140 valence electrons. The van der Waals surface area contributed by atoms with Crippen LogP contribution in [-0.4, -0.2) is 31.3 Å². The second kappa shape index (κ2) is 7.24. The number of esters is 1. The van der Waals surface area contributed by atoms with Crippen molar-refractivity contribution < 1.29 is 19.0 Å². The van der Waals surface area contributed by atoms with Crippen LogP contribution in [0.3, 0.4) is 0 Å². The summed E-state index contributed by atoms with van der Waals surface area (Å²) in [5, 5.41) is 3.13. The summed E-state index contributed by atoms with van der Waals surface area (Å²) in [5.74, 6) is 0.540. The van der Waals surface area contributed by atoms with Gasteiger partial charge in [0.2, 0.25) is 0 Å². The summed E-state index contributed by atoms with van der Waals surface area (Å²) < 4.78 is 18.0. The Kier molecular flexibility index (Phi) is 5.67. The maximum absolute atomic E-state index is 12.5. The van der Waals surface area contributed by atoms with Crippen LogP contribution in [0.25, 0.3) is 0 Å². The minimum atomic E-state index is -0.679. The molecule has 5 heteroatoms. The van der Waals surface area contributed by atoms with Crippen LogP contribution >= 0.6 is 0 Å². The molecule has 1 heterocycles. The number of anilines is 1. The number of carbonyl (C=O) groups is 1. The Morgan fingerprint density at radius 2 is 2.00 bits per heavy atom. The van der Waals surface area contributed by atoms with E-state index in [-0.39, 0.29) is 17.5 Å². The molecule has 0 aromatic heterocycles. The van der Waals surface area contributed by atoms with Gasteiger partial charge in [-0.05, 0) is 44.4 Å². The standard InChI is InChI=1S/C20H31NO4/c1-8-23-17-14-11-13(21-7)9-10-15(14)25-20(5,6)18(17)24-16(22)12-19(2,3)4/h9-11,17-18,21H,8,12H2,1-7H3. The normalized spacial score (nSPS) is 21.9. The Hall–Kier alpha value is -1.75. The zero-order chi connectivity index (χ0) is 18.8. The van der Waals surface area contributed by atoms with Gasteiger partial charge in [0, 0.05) is 24.9 Å². The van der Waals surface area contributed by atoms with Crippen LogP contribution in [0.15, 0.2) is 18.2 Å². The highest BCUT2D eigenvalue weighted by atomic mass is 16.6. The van der Waals surface area contributed by atoms with Crippen LogP contribution in [-0.2, 0) is 14.3 Å². The Balaban J connectivity index is 2.36. The SMILES string of the molecule is CCOC1c2cc(NC)ccc2OC(C)(C)C1OC(=O)CC(C)(C)C. The highest BCUT2D eigenvalue weighted by molar-refractivity contribution is 5.70. The number of carbonyl (C=O) groups excluding carboxylic acids is 1. The Morgan fingerprint density at radius 1 is 1.32 bits per heavy atom. The molecule has 1 aliphatic heterocycles. The number of fused-ring (bicyclic) bond motifs is 1. The van der Waals surface area contributed by atoms with Crippen molar-refractivity contribution in [2.45, 2.75) is 65.8 Å². The third-order valence-corrected chi connectivity index (χ3v) is 4.22. The first kappa shape index (κ1) is 19.6. The molecule has 1 N–H and O–H groups in total. The predicted octanol–water partition coefficient (Wildman–Crippen LogP) is 4.32. The van der Waals surface area contributed by atoms with Crippen molar-refractivity contribution in [1.82, 2.24) is 0 Å². The van der Waals surface area contributed by atoms with Gasteiger partial charge in [-0.15, -0.1) is 0 Å². The van der Waals surface area contributed by atoms with E-state index in [2.05, 4.69) is 5.32 Å². The van der Waals surface area contributed by atoms with Crippen LogP contribution in [0.5, 0.6) is 5.75 Å². The van der Waals surface area contributed by atoms with Gasteiger partial charge in [0.25, 0.3) is 0 Å². The lowest BCUT2D eigenvalue weighted by atomic mass is 9.87. The lowest BCUT2D eigenvalue weighted by Gasteiger charge is -2.44. The van der Waals surface area contributed by atoms with Crippen LogP contribution in [0.1, 0.15) is 59.6 Å². The molecule has 0 bridgehead atoms. The number of ether oxygens (including phenoxy) is 3. The Labute approximate surface area is 151 Å². The number of hydrogen-bond donors (Lipinski definition) is 1. The molecule has 5 nitrogen and oxygen atoms in total. The van der Waals surface area contributed by atoms with Crippen LogP contribution in [0.4, 0.5) is 5.69 Å². The van der Waals surface area contributed by atoms with E-state index in [1.807, 2.05) is 66.8 Å². The van der Waals surface area contributed by atoms with E-state index in [1.54, 1.807) is 0 Å². The fraction of sp³-hybridized carbons (Fsp3) is 0.650. The van der Waals surface area contributed by atoms with Gasteiger partial charge >= 0.3 is 5.97 Å². The molecule has 1 aromatic carbocycles. The van der Waals surface area contributed by atoms with Crippen molar-refractivity contribution in [3.8, 4) is 5.75 Å². The monoisotopic (exact) mass is 349 g/mol. The zero-order valence-electron chi connectivity index (χ0n) is 16.4. The molecular weight excluding hydrogens is 318 g/mol. The second-order valence-electron chi connectivity index (χ2n) is 8.23. The van der Waals surface area contributed by atoms with Crippen molar-refractivity contribution >= 4 is 11.7 Å². The van der Waals surface area contributed by atoms with Gasteiger partial charge in [-0.1, -0.05) is 20.8 Å². The topological polar surface area (TPSA) is 56.8 Å². The summed E-state index contributed by atoms with van der Waals surface area (Å²) in [7, 11) is 1.87. The smallest absolute Gasteiger partial charge is 0.306 e. The maximum atomic E-state index is 12.5. The summed E-state index contributed by atoms with van der Waals surface area (Å²) in [6, 6.07) is 5.89. The second-order valence-corrected chi connectivity index (χ2v) is 8.23. The third-order valence-electron chi connectivity index (χ3n) is 4.22. The van der Waals surface area contributed by atoms with Crippen molar-refractivity contribution in [3.05, 3.63) is 23.8 Å². The summed E-state index contributed by atoms with van der Waals surface area (Å²) >= 11 is 0. The van der Waals surface area contributed by atoms with E-state index < -0.39 is 11.7 Å². The molecule has 2 rings (SSSR count). The van der Waals surface area contributed by atoms with E-state index >= 15 is 0 Å². The predicted molar refractivity (Wildman–Crippen MR) is 99.0 cm³/mol. The van der Waals surface area contributed by atoms with Gasteiger partial charge in [-0.2, -0.15) is 0 Å². The summed E-state index contributed by atoms with van der Waals surface area (Å²) in [6.07, 6.45) is -0.523. The van der Waals surface area contributed by atoms with Gasteiger partial charge in [0.05, 0.1) is 6.42 Å². The third kappa shape index (κ3) is 4.66. The summed E-state index contributed by atoms with van der Waals surface area (Å²) in [4.78, 5) is 12.5. The minimum Gasteiger partial charge on any atom is -0.483 e. The average molecular weight is 349 g/mol. The van der Waals surface area contributed by atoms with Gasteiger partial charge in [-0.3, -0.25) is 4.79 Å². The summed E-state index contributed by atoms with van der Waals surface area (Å²) in [6.45, 7) is 12.4. The molecule has 1 aromatic rings. The van der Waals surface area contributed by atoms with Crippen molar-refractivity contribution in [1.29, 1.82) is 0 Å². The van der Waals surface area contributed by atoms with Crippen molar-refractivity contribution in [2.75, 3.05) is 19.0 Å². The summed E-state index contributed by atoms with van der Waals surface area (Å²) in [5.41, 5.74) is 1.06. The Morgan fingerprint density at radius 3 is 2.56 bits per heavy atom. The van der Waals surface area contributed by atoms with Gasteiger partial charge in [0.1, 0.15) is 17.5 Å². The molecule has 0 saturated carbocycles. The number of hydrogen-bond acceptors (Lipinski definition) is 5. The fourth-order valence-electron chi connectivity index (χ4n) is 3.07. The highest BCUT2D eigenvalue weighted by Gasteiger charge is 2.47. The molecule has 0 saturated heterocycles. The Bertz CT molecular complexity index is 619. The number of nitrogens with one attached hydrogen (secondary N) is 1. The first-order valence-electron chi connectivity index (χ1n) is 8.89. The van der Waals surface area contributed by atoms with Gasteiger partial charge in [-0.25, -0.2) is 0 Å². The molecule has 0 aliphatic carbocycles. The number of benzene rings is 1. The highest BCUT2D eigenvalue weighted by Crippen LogP contribution is 2.44. The maximum Gasteiger partial charge on any atom is 0.306 e. The fourth-order valence-corrected chi connectivity index (χ4v) is 3.07. The van der Waals surface area contributed by atoms with E-state index in [9.17, 15) is 4.79 Å². The largest absolute Gasteiger partial charge is 0.483 e. The molecule has 0 spiro atoms. The number of rotatable bonds is 5. The molecule has 25 heavy (non-hydrogen) atoms. The molecular formula is C20H31NO4. The minimum absolute atomic E-state index is 0.130. The quantitative estimate of drug-likeness (QED) is 0.802. The van der Waals surface area contributed by atoms with E-state index in [4.69, 9.17) is 14.2 Å². The first-order chi connectivity index (χ1) is 11.6. The van der Waals surface area contributed by atoms with Gasteiger partial charge < -0.3 is 19.5 Å². The first-order valence-corrected chi connectivity index (χ1v) is 8.89. The van der Waals surface area contributed by atoms with E-state index in [0.717, 1.165) is 17.0 Å². The lowest BCUT2D eigenvalue weighted by Crippen LogP contribution is -2.52. The molecule has 1 aliphatic rings. The van der Waals surface area contributed by atoms with E-state index in [1.165, 1.54) is 0 Å². The molecule has 2 atom stereocenters. The van der Waals surface area contributed by atoms with Gasteiger partial charge in [0.15, 0.2) is 6.10 Å². The zero-order valence-corrected chi connectivity index (χ0v) is 16.4. The van der Waals surface area contributed by atoms with Crippen molar-refractivity contribution in [3.63, 3.8) is 0 Å². The molecule has 2 unspecified atom stereocenters. The van der Waals surface area contributed by atoms with Crippen LogP contribution in [0, 0.1) is 5.41 Å².